The van der Waals surface area contributed by atoms with Crippen LogP contribution < -0.4 is 0 Å². The number of hydrogen-bond donors (Lipinski definition) is 2. The van der Waals surface area contributed by atoms with Crippen molar-refractivity contribution in [3.8, 4) is 0 Å². The Morgan fingerprint density at radius 2 is 1.90 bits per heavy atom. The third-order valence-electron chi connectivity index (χ3n) is 3.18. The molecular weight excluding hydrogens is 291 g/mol. The van der Waals surface area contributed by atoms with E-state index in [1.54, 1.807) is 37.1 Å². The number of aliphatic hydroxyl groups excluding tert-OH is 1. The second kappa shape index (κ2) is 7.18. The molecule has 0 aliphatic rings. The summed E-state index contributed by atoms with van der Waals surface area (Å²) >= 11 is 0. The molecular formula is C14H23N2O4P. The predicted molar refractivity (Wildman–Crippen MR) is 82.1 cm³/mol. The molecule has 1 aromatic carbocycles. The summed E-state index contributed by atoms with van der Waals surface area (Å²) in [5.74, 6) is -1.49. The second-order valence-electron chi connectivity index (χ2n) is 5.61. The average Bonchev–Trinajstić information content (AvgIpc) is 2.37. The molecule has 1 atom stereocenters. The number of likely N-dealkylation sites (N-methyl/N-ethyl adjacent to an activating group) is 1. The summed E-state index contributed by atoms with van der Waals surface area (Å²) in [6.07, 6.45) is 0. The van der Waals surface area contributed by atoms with Crippen molar-refractivity contribution in [1.82, 2.24) is 9.96 Å². The van der Waals surface area contributed by atoms with Gasteiger partial charge in [-0.1, -0.05) is 18.2 Å². The number of aryl methyl sites for hydroxylation is 1. The number of hydrogen-bond acceptors (Lipinski definition) is 5. The minimum absolute atomic E-state index is 0.0791. The zero-order valence-electron chi connectivity index (χ0n) is 12.9. The third kappa shape index (κ3) is 5.25. The molecule has 0 aromatic heterocycles. The van der Waals surface area contributed by atoms with Gasteiger partial charge >= 0.3 is 0 Å². The molecule has 1 aromatic rings. The average molecular weight is 314 g/mol. The van der Waals surface area contributed by atoms with E-state index in [4.69, 9.17) is 0 Å². The first-order valence-corrected chi connectivity index (χ1v) is 9.27. The first-order chi connectivity index (χ1) is 9.62. The molecule has 0 bridgehead atoms. The molecule has 0 spiro atoms. The zero-order chi connectivity index (χ0) is 16.2. The number of rotatable bonds is 6. The van der Waals surface area contributed by atoms with Crippen molar-refractivity contribution in [2.24, 2.45) is 0 Å². The monoisotopic (exact) mass is 314 g/mol. The Kier molecular flexibility index (Phi) is 6.10. The normalized spacial score (nSPS) is 13.3. The van der Waals surface area contributed by atoms with Crippen LogP contribution in [0.2, 0.25) is 0 Å². The van der Waals surface area contributed by atoms with Gasteiger partial charge in [-0.05, 0) is 38.9 Å². The highest BCUT2D eigenvalue weighted by Crippen LogP contribution is 2.40. The zero-order valence-corrected chi connectivity index (χ0v) is 13.7. The highest BCUT2D eigenvalue weighted by Gasteiger charge is 2.23. The van der Waals surface area contributed by atoms with E-state index in [0.29, 0.717) is 10.6 Å². The van der Waals surface area contributed by atoms with Crippen LogP contribution in [0.25, 0.3) is 0 Å². The van der Waals surface area contributed by atoms with Crippen molar-refractivity contribution in [2.45, 2.75) is 12.8 Å². The maximum absolute atomic E-state index is 12.1. The SMILES string of the molecule is Cc1ccccc1C(=O)N(O)CN(C)CC(O)P(C)(C)=O. The second-order valence-corrected chi connectivity index (χ2v) is 9.08. The Bertz CT molecular complexity index is 544. The fourth-order valence-corrected chi connectivity index (χ4v) is 2.45. The standard InChI is InChI=1S/C14H23N2O4P/c1-11-7-5-6-8-12(11)14(18)16(19)10-15(2)9-13(17)21(3,4)20/h5-8,13,17,19H,9-10H2,1-4H3. The summed E-state index contributed by atoms with van der Waals surface area (Å²) in [6, 6.07) is 6.98. The van der Waals surface area contributed by atoms with Crippen molar-refractivity contribution in [3.63, 3.8) is 0 Å². The number of carbonyl (C=O) groups is 1. The lowest BCUT2D eigenvalue weighted by atomic mass is 10.1. The third-order valence-corrected chi connectivity index (χ3v) is 4.78. The van der Waals surface area contributed by atoms with E-state index in [-0.39, 0.29) is 13.2 Å². The number of benzene rings is 1. The van der Waals surface area contributed by atoms with Crippen LogP contribution in [0.15, 0.2) is 24.3 Å². The van der Waals surface area contributed by atoms with Crippen LogP contribution in [0.3, 0.4) is 0 Å². The van der Waals surface area contributed by atoms with Gasteiger partial charge in [0.1, 0.15) is 19.7 Å². The van der Waals surface area contributed by atoms with E-state index < -0.39 is 18.9 Å². The molecule has 0 radical (unpaired) electrons. The van der Waals surface area contributed by atoms with Crippen molar-refractivity contribution in [3.05, 3.63) is 35.4 Å². The highest BCUT2D eigenvalue weighted by molar-refractivity contribution is 7.62. The van der Waals surface area contributed by atoms with E-state index >= 15 is 0 Å². The molecule has 7 heteroatoms. The quantitative estimate of drug-likeness (QED) is 0.361. The van der Waals surface area contributed by atoms with Crippen LogP contribution in [-0.4, -0.2) is 65.6 Å². The van der Waals surface area contributed by atoms with Crippen LogP contribution in [-0.2, 0) is 4.57 Å². The molecule has 1 rings (SSSR count). The van der Waals surface area contributed by atoms with Crippen LogP contribution in [0.4, 0.5) is 0 Å². The minimum atomic E-state index is -2.61. The Morgan fingerprint density at radius 3 is 2.43 bits per heavy atom. The predicted octanol–water partition coefficient (Wildman–Crippen LogP) is 1.66. The maximum Gasteiger partial charge on any atom is 0.278 e. The molecule has 0 heterocycles. The molecule has 0 saturated heterocycles. The van der Waals surface area contributed by atoms with Gasteiger partial charge in [0.25, 0.3) is 5.91 Å². The van der Waals surface area contributed by atoms with Gasteiger partial charge in [-0.3, -0.25) is 14.9 Å². The van der Waals surface area contributed by atoms with Gasteiger partial charge in [0.15, 0.2) is 0 Å². The molecule has 21 heavy (non-hydrogen) atoms. The molecule has 1 amide bonds. The molecule has 2 N–H and O–H groups in total. The first-order valence-electron chi connectivity index (χ1n) is 6.60. The summed E-state index contributed by atoms with van der Waals surface area (Å²) < 4.78 is 11.7. The number of amides is 1. The van der Waals surface area contributed by atoms with Crippen molar-refractivity contribution in [2.75, 3.05) is 33.6 Å². The number of nitrogens with zero attached hydrogens (tertiary/aromatic N) is 2. The van der Waals surface area contributed by atoms with Gasteiger partial charge in [-0.15, -0.1) is 0 Å². The molecule has 0 fully saturated rings. The highest BCUT2D eigenvalue weighted by atomic mass is 31.2. The molecule has 1 unspecified atom stereocenters. The lowest BCUT2D eigenvalue weighted by molar-refractivity contribution is -0.0872. The van der Waals surface area contributed by atoms with Crippen LogP contribution in [0.1, 0.15) is 15.9 Å². The Hall–Kier alpha value is -1.20. The van der Waals surface area contributed by atoms with Crippen molar-refractivity contribution in [1.29, 1.82) is 0 Å². The summed E-state index contributed by atoms with van der Waals surface area (Å²) in [4.78, 5) is 13.7. The topological polar surface area (TPSA) is 81.1 Å². The largest absolute Gasteiger partial charge is 0.384 e. The lowest BCUT2D eigenvalue weighted by Gasteiger charge is -2.26. The summed E-state index contributed by atoms with van der Waals surface area (Å²) in [5, 5.41) is 20.2. The maximum atomic E-state index is 12.1. The van der Waals surface area contributed by atoms with Crippen molar-refractivity contribution < 1.29 is 19.7 Å². The summed E-state index contributed by atoms with van der Waals surface area (Å²) in [5.41, 5.74) is 1.20. The molecule has 0 saturated carbocycles. The fourth-order valence-electron chi connectivity index (χ4n) is 1.78. The Labute approximate surface area is 125 Å². The van der Waals surface area contributed by atoms with E-state index in [0.717, 1.165) is 5.56 Å². The fraction of sp³-hybridized carbons (Fsp3) is 0.500. The van der Waals surface area contributed by atoms with Gasteiger partial charge in [0.05, 0.1) is 0 Å². The van der Waals surface area contributed by atoms with Gasteiger partial charge in [0.2, 0.25) is 0 Å². The Morgan fingerprint density at radius 1 is 1.33 bits per heavy atom. The van der Waals surface area contributed by atoms with E-state index in [1.165, 1.54) is 13.3 Å². The number of aliphatic hydroxyl groups is 1. The minimum Gasteiger partial charge on any atom is -0.384 e. The first kappa shape index (κ1) is 17.9. The van der Waals surface area contributed by atoms with Gasteiger partial charge in [0, 0.05) is 12.1 Å². The van der Waals surface area contributed by atoms with Crippen LogP contribution in [0.5, 0.6) is 0 Å². The van der Waals surface area contributed by atoms with E-state index in [2.05, 4.69) is 0 Å². The van der Waals surface area contributed by atoms with Crippen LogP contribution in [0, 0.1) is 6.92 Å². The summed E-state index contributed by atoms with van der Waals surface area (Å²) in [7, 11) is -0.983. The van der Waals surface area contributed by atoms with Gasteiger partial charge < -0.3 is 9.67 Å². The number of hydroxylamine groups is 2. The molecule has 118 valence electrons. The molecule has 0 aliphatic heterocycles. The van der Waals surface area contributed by atoms with Crippen LogP contribution >= 0.6 is 7.14 Å². The van der Waals surface area contributed by atoms with Crippen molar-refractivity contribution >= 4 is 13.0 Å². The Balaban J connectivity index is 2.65. The molecule has 0 aliphatic carbocycles. The van der Waals surface area contributed by atoms with Gasteiger partial charge in [-0.2, -0.15) is 0 Å². The summed E-state index contributed by atoms with van der Waals surface area (Å²) in [6.45, 7) is 4.83. The van der Waals surface area contributed by atoms with E-state index in [9.17, 15) is 19.7 Å². The smallest absolute Gasteiger partial charge is 0.278 e. The lowest BCUT2D eigenvalue weighted by Crippen LogP contribution is -2.40. The number of carbonyl (C=O) groups excluding carboxylic acids is 1. The van der Waals surface area contributed by atoms with E-state index in [1.807, 2.05) is 6.07 Å². The van der Waals surface area contributed by atoms with Gasteiger partial charge in [-0.25, -0.2) is 5.06 Å². The molecule has 6 nitrogen and oxygen atoms in total.